The van der Waals surface area contributed by atoms with Gasteiger partial charge in [-0.2, -0.15) is 0 Å². The fourth-order valence-corrected chi connectivity index (χ4v) is 4.83. The van der Waals surface area contributed by atoms with Gasteiger partial charge >= 0.3 is 0 Å². The van der Waals surface area contributed by atoms with Crippen molar-refractivity contribution in [3.05, 3.63) is 64.2 Å². The fraction of sp³-hybridized carbons (Fsp3) is 0.409. The molecule has 1 amide bonds. The van der Waals surface area contributed by atoms with Crippen molar-refractivity contribution in [2.24, 2.45) is 0 Å². The molecule has 3 unspecified atom stereocenters. The van der Waals surface area contributed by atoms with Gasteiger partial charge in [0.25, 0.3) is 5.91 Å². The van der Waals surface area contributed by atoms with Crippen LogP contribution in [0, 0.1) is 5.82 Å². The topological polar surface area (TPSA) is 38.8 Å². The lowest BCUT2D eigenvalue weighted by Gasteiger charge is -2.36. The van der Waals surface area contributed by atoms with Gasteiger partial charge < -0.3 is 14.4 Å². The molecule has 2 fully saturated rings. The zero-order chi connectivity index (χ0) is 19.3. The van der Waals surface area contributed by atoms with Crippen molar-refractivity contribution in [2.75, 3.05) is 13.2 Å². The Morgan fingerprint density at radius 1 is 1.25 bits per heavy atom. The van der Waals surface area contributed by atoms with Crippen LogP contribution in [0.2, 0.25) is 5.02 Å². The average Bonchev–Trinajstić information content (AvgIpc) is 2.98. The Bertz CT molecular complexity index is 922. The maximum Gasteiger partial charge on any atom is 0.254 e. The molecular weight excluding hydrogens is 381 g/mol. The van der Waals surface area contributed by atoms with Crippen LogP contribution in [-0.4, -0.2) is 42.2 Å². The molecular formula is C22H21ClFNO3. The number of fused-ring (bicyclic) bond motifs is 3. The quantitative estimate of drug-likeness (QED) is 0.743. The highest BCUT2D eigenvalue weighted by Crippen LogP contribution is 2.40. The smallest absolute Gasteiger partial charge is 0.254 e. The molecule has 3 heterocycles. The van der Waals surface area contributed by atoms with Crippen molar-refractivity contribution in [3.8, 4) is 0 Å². The summed E-state index contributed by atoms with van der Waals surface area (Å²) in [5.41, 5.74) is 2.76. The van der Waals surface area contributed by atoms with E-state index in [9.17, 15) is 9.18 Å². The summed E-state index contributed by atoms with van der Waals surface area (Å²) in [5.74, 6) is 0.407. The minimum atomic E-state index is -0.411. The molecule has 4 nitrogen and oxygen atoms in total. The Balaban J connectivity index is 1.38. The van der Waals surface area contributed by atoms with E-state index in [0.29, 0.717) is 25.2 Å². The Kier molecular flexibility index (Phi) is 4.52. The second-order valence-electron chi connectivity index (χ2n) is 7.69. The van der Waals surface area contributed by atoms with Gasteiger partial charge in [-0.1, -0.05) is 29.8 Å². The highest BCUT2D eigenvalue weighted by atomic mass is 35.5. The maximum atomic E-state index is 13.5. The standard InChI is InChI=1S/C22H21ClFNO3/c23-18-11-13(1-5-19(18)24)15-9-16-3-4-17(10-15)25(16)22(26)14-2-6-20-21(12-14)28-8-7-27-20/h1-2,5,9,11-12,16-17,20H,3-4,6-8,10H2. The molecule has 1 aliphatic carbocycles. The molecule has 2 saturated heterocycles. The number of halogens is 2. The van der Waals surface area contributed by atoms with Gasteiger partial charge in [0.1, 0.15) is 24.3 Å². The summed E-state index contributed by atoms with van der Waals surface area (Å²) in [7, 11) is 0. The third-order valence-corrected chi connectivity index (χ3v) is 6.29. The van der Waals surface area contributed by atoms with Crippen LogP contribution in [0.3, 0.4) is 0 Å². The monoisotopic (exact) mass is 401 g/mol. The van der Waals surface area contributed by atoms with Gasteiger partial charge in [0.15, 0.2) is 0 Å². The van der Waals surface area contributed by atoms with E-state index >= 15 is 0 Å². The third-order valence-electron chi connectivity index (χ3n) is 6.01. The molecule has 0 aromatic heterocycles. The van der Waals surface area contributed by atoms with E-state index in [1.807, 2.05) is 17.1 Å². The second-order valence-corrected chi connectivity index (χ2v) is 8.09. The molecule has 146 valence electrons. The summed E-state index contributed by atoms with van der Waals surface area (Å²) >= 11 is 5.96. The van der Waals surface area contributed by atoms with E-state index in [1.165, 1.54) is 6.07 Å². The molecule has 4 aliphatic rings. The van der Waals surface area contributed by atoms with E-state index in [4.69, 9.17) is 21.1 Å². The van der Waals surface area contributed by atoms with E-state index < -0.39 is 5.82 Å². The number of ether oxygens (including phenoxy) is 2. The largest absolute Gasteiger partial charge is 0.493 e. The first-order chi connectivity index (χ1) is 13.6. The lowest BCUT2D eigenvalue weighted by molar-refractivity contribution is -0.129. The average molecular weight is 402 g/mol. The Labute approximate surface area is 168 Å². The van der Waals surface area contributed by atoms with Crippen molar-refractivity contribution in [3.63, 3.8) is 0 Å². The number of benzene rings is 1. The third kappa shape index (κ3) is 3.07. The first-order valence-electron chi connectivity index (χ1n) is 9.75. The van der Waals surface area contributed by atoms with Gasteiger partial charge in [-0.05, 0) is 55.0 Å². The highest BCUT2D eigenvalue weighted by Gasteiger charge is 2.41. The van der Waals surface area contributed by atoms with Crippen LogP contribution < -0.4 is 0 Å². The summed E-state index contributed by atoms with van der Waals surface area (Å²) in [6.07, 6.45) is 9.24. The number of amides is 1. The van der Waals surface area contributed by atoms with Crippen molar-refractivity contribution in [1.29, 1.82) is 0 Å². The molecule has 1 aromatic carbocycles. The number of carbonyl (C=O) groups is 1. The van der Waals surface area contributed by atoms with Gasteiger partial charge in [-0.3, -0.25) is 4.79 Å². The number of carbonyl (C=O) groups excluding carboxylic acids is 1. The van der Waals surface area contributed by atoms with Crippen molar-refractivity contribution in [1.82, 2.24) is 4.90 Å². The van der Waals surface area contributed by atoms with Crippen LogP contribution in [0.15, 0.2) is 47.8 Å². The second kappa shape index (κ2) is 7.05. The zero-order valence-electron chi connectivity index (χ0n) is 15.4. The van der Waals surface area contributed by atoms with Gasteiger partial charge in [-0.15, -0.1) is 0 Å². The number of rotatable bonds is 2. The summed E-state index contributed by atoms with van der Waals surface area (Å²) in [5, 5.41) is 0.132. The maximum absolute atomic E-state index is 13.5. The summed E-state index contributed by atoms with van der Waals surface area (Å²) in [4.78, 5) is 15.2. The molecule has 6 heteroatoms. The fourth-order valence-electron chi connectivity index (χ4n) is 4.64. The first-order valence-corrected chi connectivity index (χ1v) is 10.1. The van der Waals surface area contributed by atoms with Gasteiger partial charge in [0, 0.05) is 11.6 Å². The van der Waals surface area contributed by atoms with Gasteiger partial charge in [0.05, 0.1) is 17.7 Å². The van der Waals surface area contributed by atoms with Crippen molar-refractivity contribution in [2.45, 2.75) is 43.9 Å². The molecule has 0 spiro atoms. The van der Waals surface area contributed by atoms with Crippen LogP contribution >= 0.6 is 11.6 Å². The molecule has 1 aromatic rings. The molecule has 0 N–H and O–H groups in total. The SMILES string of the molecule is O=C(C1=CCC2OCCOC2=C1)N1C2C=C(c3ccc(F)c(Cl)c3)CC1CC2. The van der Waals surface area contributed by atoms with E-state index in [2.05, 4.69) is 6.08 Å². The normalized spacial score (nSPS) is 28.7. The molecule has 28 heavy (non-hydrogen) atoms. The molecule has 3 atom stereocenters. The number of nitrogens with zero attached hydrogens (tertiary/aromatic N) is 1. The van der Waals surface area contributed by atoms with E-state index in [-0.39, 0.29) is 29.1 Å². The molecule has 5 rings (SSSR count). The van der Waals surface area contributed by atoms with Crippen LogP contribution in [0.5, 0.6) is 0 Å². The van der Waals surface area contributed by atoms with Gasteiger partial charge in [0.2, 0.25) is 0 Å². The van der Waals surface area contributed by atoms with Crippen molar-refractivity contribution >= 4 is 23.1 Å². The Morgan fingerprint density at radius 2 is 2.14 bits per heavy atom. The first kappa shape index (κ1) is 18.0. The van der Waals surface area contributed by atoms with Crippen LogP contribution in [-0.2, 0) is 14.3 Å². The predicted octanol–water partition coefficient (Wildman–Crippen LogP) is 4.26. The lowest BCUT2D eigenvalue weighted by Crippen LogP contribution is -2.44. The van der Waals surface area contributed by atoms with Crippen LogP contribution in [0.1, 0.15) is 31.2 Å². The zero-order valence-corrected chi connectivity index (χ0v) is 16.1. The van der Waals surface area contributed by atoms with E-state index in [1.54, 1.807) is 12.1 Å². The van der Waals surface area contributed by atoms with Crippen LogP contribution in [0.25, 0.3) is 5.57 Å². The highest BCUT2D eigenvalue weighted by molar-refractivity contribution is 6.30. The number of hydrogen-bond acceptors (Lipinski definition) is 3. The lowest BCUT2D eigenvalue weighted by atomic mass is 9.93. The van der Waals surface area contributed by atoms with E-state index in [0.717, 1.165) is 36.2 Å². The van der Waals surface area contributed by atoms with Crippen LogP contribution in [0.4, 0.5) is 4.39 Å². The predicted molar refractivity (Wildman–Crippen MR) is 104 cm³/mol. The Hall–Kier alpha value is -2.11. The Morgan fingerprint density at radius 3 is 2.96 bits per heavy atom. The molecule has 3 aliphatic heterocycles. The molecule has 0 saturated carbocycles. The van der Waals surface area contributed by atoms with Crippen molar-refractivity contribution < 1.29 is 18.7 Å². The minimum absolute atomic E-state index is 0.0556. The minimum Gasteiger partial charge on any atom is -0.493 e. The summed E-state index contributed by atoms with van der Waals surface area (Å²) in [6.45, 7) is 1.13. The van der Waals surface area contributed by atoms with Gasteiger partial charge in [-0.25, -0.2) is 4.39 Å². The summed E-state index contributed by atoms with van der Waals surface area (Å²) in [6, 6.07) is 5.06. The number of hydrogen-bond donors (Lipinski definition) is 0. The summed E-state index contributed by atoms with van der Waals surface area (Å²) < 4.78 is 24.9. The molecule has 2 bridgehead atoms. The molecule has 0 radical (unpaired) electrons.